The molecule has 0 saturated carbocycles. The van der Waals surface area contributed by atoms with Crippen LogP contribution in [0.1, 0.15) is 13.3 Å². The summed E-state index contributed by atoms with van der Waals surface area (Å²) in [5, 5.41) is 0. The van der Waals surface area contributed by atoms with E-state index < -0.39 is 5.54 Å². The molecule has 0 fully saturated rings. The van der Waals surface area contributed by atoms with Crippen molar-refractivity contribution in [1.29, 1.82) is 0 Å². The van der Waals surface area contributed by atoms with Crippen molar-refractivity contribution in [3.05, 3.63) is 24.1 Å². The van der Waals surface area contributed by atoms with Crippen LogP contribution in [0.2, 0.25) is 0 Å². The minimum absolute atomic E-state index is 0.230. The van der Waals surface area contributed by atoms with Crippen LogP contribution in [0.5, 0.6) is 0 Å². The smallest absolute Gasteiger partial charge is 0.120 e. The highest BCUT2D eigenvalue weighted by Gasteiger charge is 2.16. The van der Waals surface area contributed by atoms with Crippen LogP contribution in [0.3, 0.4) is 0 Å². The van der Waals surface area contributed by atoms with Crippen molar-refractivity contribution >= 4 is 0 Å². The van der Waals surface area contributed by atoms with Gasteiger partial charge in [0.2, 0.25) is 0 Å². The standard InChI is InChI=1S/C7H10FN/c1-7(9)4-2-3-6(8)5-7/h2-3,5H,4,9H2,1H3. The molecule has 0 spiro atoms. The molecule has 50 valence electrons. The maximum Gasteiger partial charge on any atom is 0.120 e. The van der Waals surface area contributed by atoms with Gasteiger partial charge in [-0.2, -0.15) is 0 Å². The molecule has 2 N–H and O–H groups in total. The second-order valence-electron chi connectivity index (χ2n) is 2.64. The van der Waals surface area contributed by atoms with Gasteiger partial charge in [-0.1, -0.05) is 6.08 Å². The lowest BCUT2D eigenvalue weighted by Gasteiger charge is -2.20. The zero-order valence-electron chi connectivity index (χ0n) is 5.39. The van der Waals surface area contributed by atoms with Crippen LogP contribution < -0.4 is 5.73 Å². The molecule has 0 aromatic rings. The Morgan fingerprint density at radius 2 is 2.44 bits per heavy atom. The highest BCUT2D eigenvalue weighted by molar-refractivity contribution is 5.23. The average molecular weight is 127 g/mol. The number of nitrogens with two attached hydrogens (primary N) is 1. The van der Waals surface area contributed by atoms with Gasteiger partial charge in [-0.05, 0) is 25.5 Å². The molecule has 9 heavy (non-hydrogen) atoms. The maximum atomic E-state index is 12.4. The molecular formula is C7H10FN. The molecule has 0 aromatic heterocycles. The molecule has 1 nitrogen and oxygen atoms in total. The van der Waals surface area contributed by atoms with E-state index in [2.05, 4.69) is 0 Å². The summed E-state index contributed by atoms with van der Waals surface area (Å²) in [6.07, 6.45) is 5.34. The third-order valence-electron chi connectivity index (χ3n) is 1.30. The first-order valence-electron chi connectivity index (χ1n) is 2.94. The van der Waals surface area contributed by atoms with Crippen molar-refractivity contribution in [2.75, 3.05) is 0 Å². The Kier molecular flexibility index (Phi) is 1.41. The van der Waals surface area contributed by atoms with E-state index in [-0.39, 0.29) is 5.83 Å². The molecule has 0 aromatic carbocycles. The predicted molar refractivity (Wildman–Crippen MR) is 35.5 cm³/mol. The van der Waals surface area contributed by atoms with Crippen molar-refractivity contribution in [1.82, 2.24) is 0 Å². The molecule has 0 aliphatic heterocycles. The number of hydrogen-bond acceptors (Lipinski definition) is 1. The molecular weight excluding hydrogens is 117 g/mol. The quantitative estimate of drug-likeness (QED) is 0.524. The SMILES string of the molecule is CC1(N)C=C(F)C=CC1. The first kappa shape index (κ1) is 6.49. The fourth-order valence-electron chi connectivity index (χ4n) is 0.847. The molecule has 0 heterocycles. The number of allylic oxidation sites excluding steroid dienone is 2. The van der Waals surface area contributed by atoms with Crippen LogP contribution in [0.15, 0.2) is 24.1 Å². The lowest BCUT2D eigenvalue weighted by atomic mass is 9.95. The molecule has 0 bridgehead atoms. The van der Waals surface area contributed by atoms with E-state index in [1.807, 2.05) is 0 Å². The average Bonchev–Trinajstić information content (AvgIpc) is 1.60. The fourth-order valence-corrected chi connectivity index (χ4v) is 0.847. The minimum Gasteiger partial charge on any atom is -0.322 e. The summed E-state index contributed by atoms with van der Waals surface area (Å²) in [5.41, 5.74) is 5.13. The Morgan fingerprint density at radius 1 is 1.78 bits per heavy atom. The Morgan fingerprint density at radius 3 is 2.78 bits per heavy atom. The van der Waals surface area contributed by atoms with Crippen LogP contribution in [-0.4, -0.2) is 5.54 Å². The molecule has 1 atom stereocenters. The van der Waals surface area contributed by atoms with Gasteiger partial charge in [-0.3, -0.25) is 0 Å². The van der Waals surface area contributed by atoms with Gasteiger partial charge in [-0.15, -0.1) is 0 Å². The molecule has 1 rings (SSSR count). The van der Waals surface area contributed by atoms with Crippen LogP contribution in [0, 0.1) is 0 Å². The van der Waals surface area contributed by atoms with E-state index in [9.17, 15) is 4.39 Å². The zero-order valence-corrected chi connectivity index (χ0v) is 5.39. The van der Waals surface area contributed by atoms with Crippen molar-refractivity contribution in [2.45, 2.75) is 18.9 Å². The zero-order chi connectivity index (χ0) is 6.91. The number of hydrogen-bond donors (Lipinski definition) is 1. The predicted octanol–water partition coefficient (Wildman–Crippen LogP) is 1.52. The van der Waals surface area contributed by atoms with E-state index >= 15 is 0 Å². The topological polar surface area (TPSA) is 26.0 Å². The van der Waals surface area contributed by atoms with E-state index in [0.717, 1.165) is 6.42 Å². The van der Waals surface area contributed by atoms with Gasteiger partial charge in [-0.25, -0.2) is 4.39 Å². The second kappa shape index (κ2) is 1.95. The molecule has 1 aliphatic rings. The lowest BCUT2D eigenvalue weighted by Crippen LogP contribution is -2.34. The molecule has 1 aliphatic carbocycles. The lowest BCUT2D eigenvalue weighted by molar-refractivity contribution is 0.548. The van der Waals surface area contributed by atoms with Gasteiger partial charge in [0.25, 0.3) is 0 Å². The summed E-state index contributed by atoms with van der Waals surface area (Å²) in [4.78, 5) is 0. The largest absolute Gasteiger partial charge is 0.322 e. The third kappa shape index (κ3) is 1.64. The van der Waals surface area contributed by atoms with Gasteiger partial charge in [0.1, 0.15) is 5.83 Å². The van der Waals surface area contributed by atoms with Crippen LogP contribution in [0.4, 0.5) is 4.39 Å². The van der Waals surface area contributed by atoms with E-state index in [1.54, 1.807) is 13.0 Å². The molecule has 2 heteroatoms. The summed E-state index contributed by atoms with van der Waals surface area (Å²) in [7, 11) is 0. The Labute approximate surface area is 54.0 Å². The van der Waals surface area contributed by atoms with Crippen LogP contribution in [-0.2, 0) is 0 Å². The normalized spacial score (nSPS) is 34.3. The Bertz CT molecular complexity index is 168. The Hall–Kier alpha value is -0.630. The maximum absolute atomic E-state index is 12.4. The highest BCUT2D eigenvalue weighted by atomic mass is 19.1. The van der Waals surface area contributed by atoms with Gasteiger partial charge in [0.05, 0.1) is 0 Å². The van der Waals surface area contributed by atoms with Crippen molar-refractivity contribution in [3.63, 3.8) is 0 Å². The first-order chi connectivity index (χ1) is 4.10. The van der Waals surface area contributed by atoms with E-state index in [4.69, 9.17) is 5.73 Å². The number of rotatable bonds is 0. The van der Waals surface area contributed by atoms with E-state index in [1.165, 1.54) is 12.2 Å². The molecule has 0 saturated heterocycles. The van der Waals surface area contributed by atoms with Crippen molar-refractivity contribution < 1.29 is 4.39 Å². The van der Waals surface area contributed by atoms with Gasteiger partial charge < -0.3 is 5.73 Å². The number of halogens is 1. The molecule has 0 radical (unpaired) electrons. The summed E-state index contributed by atoms with van der Waals surface area (Å²) in [5.74, 6) is -0.230. The monoisotopic (exact) mass is 127 g/mol. The van der Waals surface area contributed by atoms with Crippen LogP contribution >= 0.6 is 0 Å². The van der Waals surface area contributed by atoms with Gasteiger partial charge in [0.15, 0.2) is 0 Å². The van der Waals surface area contributed by atoms with Crippen molar-refractivity contribution in [2.24, 2.45) is 5.73 Å². The molecule has 0 amide bonds. The Balaban J connectivity index is 2.78. The first-order valence-corrected chi connectivity index (χ1v) is 2.94. The highest BCUT2D eigenvalue weighted by Crippen LogP contribution is 2.18. The van der Waals surface area contributed by atoms with Crippen molar-refractivity contribution in [3.8, 4) is 0 Å². The van der Waals surface area contributed by atoms with E-state index in [0.29, 0.717) is 0 Å². The van der Waals surface area contributed by atoms with Gasteiger partial charge >= 0.3 is 0 Å². The second-order valence-corrected chi connectivity index (χ2v) is 2.64. The summed E-state index contributed by atoms with van der Waals surface area (Å²) >= 11 is 0. The summed E-state index contributed by atoms with van der Waals surface area (Å²) in [6, 6.07) is 0. The third-order valence-corrected chi connectivity index (χ3v) is 1.30. The fraction of sp³-hybridized carbons (Fsp3) is 0.429. The summed E-state index contributed by atoms with van der Waals surface area (Å²) in [6.45, 7) is 1.80. The summed E-state index contributed by atoms with van der Waals surface area (Å²) < 4.78 is 12.4. The molecule has 1 unspecified atom stereocenters. The van der Waals surface area contributed by atoms with Crippen LogP contribution in [0.25, 0.3) is 0 Å². The minimum atomic E-state index is -0.473. The van der Waals surface area contributed by atoms with Gasteiger partial charge in [0, 0.05) is 5.54 Å².